The smallest absolute Gasteiger partial charge is 0.263 e. The van der Waals surface area contributed by atoms with Crippen molar-refractivity contribution in [2.45, 2.75) is 19.3 Å². The van der Waals surface area contributed by atoms with Gasteiger partial charge in [0.25, 0.3) is 5.91 Å². The maximum atomic E-state index is 12.1. The summed E-state index contributed by atoms with van der Waals surface area (Å²) in [4.78, 5) is 12.7. The number of aliphatic hydroxyl groups excluding tert-OH is 1. The largest absolute Gasteiger partial charge is 0.397 e. The molecule has 6 heteroatoms. The fourth-order valence-corrected chi connectivity index (χ4v) is 3.77. The highest BCUT2D eigenvalue weighted by molar-refractivity contribution is 9.10. The monoisotopic (exact) mass is 356 g/mol. The normalized spacial score (nSPS) is 10.9. The van der Waals surface area contributed by atoms with E-state index in [2.05, 4.69) is 21.2 Å². The first-order chi connectivity index (χ1) is 9.65. The summed E-state index contributed by atoms with van der Waals surface area (Å²) in [5.74, 6) is -0.125. The van der Waals surface area contributed by atoms with Crippen molar-refractivity contribution >= 4 is 48.9 Å². The summed E-state index contributed by atoms with van der Waals surface area (Å²) in [6.07, 6.45) is 2.54. The van der Waals surface area contributed by atoms with Crippen molar-refractivity contribution in [1.82, 2.24) is 5.32 Å². The van der Waals surface area contributed by atoms with Gasteiger partial charge in [-0.15, -0.1) is 11.3 Å². The number of amides is 1. The van der Waals surface area contributed by atoms with E-state index in [0.29, 0.717) is 17.1 Å². The SMILES string of the molecule is Nc1c(C(=O)NCCCCCO)sc2cccc(Br)c12. The van der Waals surface area contributed by atoms with Crippen molar-refractivity contribution in [1.29, 1.82) is 0 Å². The summed E-state index contributed by atoms with van der Waals surface area (Å²) < 4.78 is 1.91. The van der Waals surface area contributed by atoms with E-state index in [1.54, 1.807) is 0 Å². The molecule has 20 heavy (non-hydrogen) atoms. The molecule has 0 atom stereocenters. The molecule has 0 saturated heterocycles. The van der Waals surface area contributed by atoms with Crippen LogP contribution in [0, 0.1) is 0 Å². The van der Waals surface area contributed by atoms with Gasteiger partial charge >= 0.3 is 0 Å². The number of nitrogens with one attached hydrogen (secondary N) is 1. The van der Waals surface area contributed by atoms with Crippen LogP contribution in [0.5, 0.6) is 0 Å². The molecule has 4 N–H and O–H groups in total. The van der Waals surface area contributed by atoms with Crippen molar-refractivity contribution in [3.05, 3.63) is 27.5 Å². The Morgan fingerprint density at radius 3 is 2.85 bits per heavy atom. The molecule has 1 amide bonds. The molecule has 2 aromatic rings. The lowest BCUT2D eigenvalue weighted by atomic mass is 10.2. The second-order valence-corrected chi connectivity index (χ2v) is 6.40. The number of nitrogens with two attached hydrogens (primary N) is 1. The third-order valence-electron chi connectivity index (χ3n) is 3.03. The summed E-state index contributed by atoms with van der Waals surface area (Å²) in [7, 11) is 0. The Hall–Kier alpha value is -1.11. The lowest BCUT2D eigenvalue weighted by Crippen LogP contribution is -2.24. The molecule has 0 spiro atoms. The molecule has 0 unspecified atom stereocenters. The van der Waals surface area contributed by atoms with Gasteiger partial charge in [0, 0.05) is 27.7 Å². The van der Waals surface area contributed by atoms with E-state index in [1.807, 2.05) is 18.2 Å². The van der Waals surface area contributed by atoms with E-state index in [1.165, 1.54) is 11.3 Å². The second kappa shape index (κ2) is 7.06. The number of aliphatic hydroxyl groups is 1. The van der Waals surface area contributed by atoms with Crippen molar-refractivity contribution < 1.29 is 9.90 Å². The van der Waals surface area contributed by atoms with Crippen LogP contribution in [0.25, 0.3) is 10.1 Å². The van der Waals surface area contributed by atoms with E-state index in [9.17, 15) is 4.79 Å². The number of hydrogen-bond acceptors (Lipinski definition) is 4. The van der Waals surface area contributed by atoms with Gasteiger partial charge in [-0.25, -0.2) is 0 Å². The Labute approximate surface area is 130 Å². The number of thiophene rings is 1. The van der Waals surface area contributed by atoms with Gasteiger partial charge in [0.1, 0.15) is 4.88 Å². The van der Waals surface area contributed by atoms with Crippen molar-refractivity contribution in [2.24, 2.45) is 0 Å². The third-order valence-corrected chi connectivity index (χ3v) is 4.86. The minimum Gasteiger partial charge on any atom is -0.397 e. The summed E-state index contributed by atoms with van der Waals surface area (Å²) in [6, 6.07) is 5.81. The van der Waals surface area contributed by atoms with Gasteiger partial charge in [-0.1, -0.05) is 22.0 Å². The number of halogens is 1. The maximum absolute atomic E-state index is 12.1. The van der Waals surface area contributed by atoms with E-state index < -0.39 is 0 Å². The van der Waals surface area contributed by atoms with Crippen LogP contribution in [0.1, 0.15) is 28.9 Å². The number of fused-ring (bicyclic) bond motifs is 1. The molecule has 0 saturated carbocycles. The minimum absolute atomic E-state index is 0.125. The van der Waals surface area contributed by atoms with Gasteiger partial charge in [0.15, 0.2) is 0 Å². The Morgan fingerprint density at radius 1 is 1.35 bits per heavy atom. The zero-order valence-electron chi connectivity index (χ0n) is 11.0. The molecule has 1 aromatic heterocycles. The third kappa shape index (κ3) is 3.31. The summed E-state index contributed by atoms with van der Waals surface area (Å²) in [5, 5.41) is 12.5. The molecule has 108 valence electrons. The van der Waals surface area contributed by atoms with Crippen LogP contribution in [-0.2, 0) is 0 Å². The Bertz CT molecular complexity index is 612. The van der Waals surface area contributed by atoms with Crippen LogP contribution in [0.3, 0.4) is 0 Å². The minimum atomic E-state index is -0.125. The molecule has 0 radical (unpaired) electrons. The number of anilines is 1. The highest BCUT2D eigenvalue weighted by Gasteiger charge is 2.17. The predicted molar refractivity (Wildman–Crippen MR) is 87.2 cm³/mol. The molecular weight excluding hydrogens is 340 g/mol. The fraction of sp³-hybridized carbons (Fsp3) is 0.357. The van der Waals surface area contributed by atoms with Gasteiger partial charge in [-0.05, 0) is 31.4 Å². The van der Waals surface area contributed by atoms with Crippen molar-refractivity contribution in [3.63, 3.8) is 0 Å². The number of carbonyl (C=O) groups is 1. The number of benzene rings is 1. The Balaban J connectivity index is 2.07. The zero-order chi connectivity index (χ0) is 14.5. The first kappa shape index (κ1) is 15.3. The first-order valence-electron chi connectivity index (χ1n) is 6.50. The Morgan fingerprint density at radius 2 is 2.15 bits per heavy atom. The molecule has 2 rings (SSSR count). The lowest BCUT2D eigenvalue weighted by Gasteiger charge is -2.04. The topological polar surface area (TPSA) is 75.4 Å². The van der Waals surface area contributed by atoms with Crippen LogP contribution in [0.2, 0.25) is 0 Å². The van der Waals surface area contributed by atoms with Gasteiger partial charge in [-0.3, -0.25) is 4.79 Å². The molecular formula is C14H17BrN2O2S. The summed E-state index contributed by atoms with van der Waals surface area (Å²) in [5.41, 5.74) is 6.61. The number of nitrogen functional groups attached to an aromatic ring is 1. The van der Waals surface area contributed by atoms with Crippen molar-refractivity contribution in [3.8, 4) is 0 Å². The van der Waals surface area contributed by atoms with E-state index >= 15 is 0 Å². The first-order valence-corrected chi connectivity index (χ1v) is 8.11. The molecule has 0 aliphatic carbocycles. The van der Waals surface area contributed by atoms with Gasteiger partial charge in [0.2, 0.25) is 0 Å². The fourth-order valence-electron chi connectivity index (χ4n) is 1.99. The van der Waals surface area contributed by atoms with Crippen LogP contribution in [0.15, 0.2) is 22.7 Å². The van der Waals surface area contributed by atoms with Crippen LogP contribution < -0.4 is 11.1 Å². The Kier molecular flexibility index (Phi) is 5.39. The van der Waals surface area contributed by atoms with E-state index in [0.717, 1.165) is 33.8 Å². The van der Waals surface area contributed by atoms with Gasteiger partial charge in [-0.2, -0.15) is 0 Å². The number of carbonyl (C=O) groups excluding carboxylic acids is 1. The average molecular weight is 357 g/mol. The maximum Gasteiger partial charge on any atom is 0.263 e. The summed E-state index contributed by atoms with van der Waals surface area (Å²) in [6.45, 7) is 0.804. The quantitative estimate of drug-likeness (QED) is 0.696. The number of hydrogen-bond donors (Lipinski definition) is 3. The molecule has 1 heterocycles. The van der Waals surface area contributed by atoms with E-state index in [-0.39, 0.29) is 12.5 Å². The molecule has 4 nitrogen and oxygen atoms in total. The highest BCUT2D eigenvalue weighted by Crippen LogP contribution is 2.37. The number of unbranched alkanes of at least 4 members (excludes halogenated alkanes) is 2. The molecule has 0 aliphatic rings. The highest BCUT2D eigenvalue weighted by atomic mass is 79.9. The zero-order valence-corrected chi connectivity index (χ0v) is 13.4. The van der Waals surface area contributed by atoms with Crippen LogP contribution in [0.4, 0.5) is 5.69 Å². The molecule has 0 aliphatic heterocycles. The lowest BCUT2D eigenvalue weighted by molar-refractivity contribution is 0.0958. The second-order valence-electron chi connectivity index (χ2n) is 4.50. The standard InChI is InChI=1S/C14H17BrN2O2S/c15-9-5-4-6-10-11(9)12(16)13(20-10)14(19)17-7-2-1-3-8-18/h4-6,18H,1-3,7-8,16H2,(H,17,19). The summed E-state index contributed by atoms with van der Waals surface area (Å²) >= 11 is 4.87. The van der Waals surface area contributed by atoms with Gasteiger partial charge < -0.3 is 16.2 Å². The van der Waals surface area contributed by atoms with Crippen LogP contribution >= 0.6 is 27.3 Å². The molecule has 0 bridgehead atoms. The molecule has 0 fully saturated rings. The van der Waals surface area contributed by atoms with E-state index in [4.69, 9.17) is 10.8 Å². The average Bonchev–Trinajstić information content (AvgIpc) is 2.77. The van der Waals surface area contributed by atoms with Gasteiger partial charge in [0.05, 0.1) is 5.69 Å². The predicted octanol–water partition coefficient (Wildman–Crippen LogP) is 3.14. The number of rotatable bonds is 6. The van der Waals surface area contributed by atoms with Crippen molar-refractivity contribution in [2.75, 3.05) is 18.9 Å². The van der Waals surface area contributed by atoms with Crippen LogP contribution in [-0.4, -0.2) is 24.2 Å². The molecule has 1 aromatic carbocycles.